The zero-order chi connectivity index (χ0) is 16.2. The molecule has 3 aromatic rings. The van der Waals surface area contributed by atoms with Crippen molar-refractivity contribution in [1.82, 2.24) is 0 Å². The molecule has 1 heterocycles. The maximum atomic E-state index is 10.7. The first-order chi connectivity index (χ1) is 11.2. The summed E-state index contributed by atoms with van der Waals surface area (Å²) in [6.45, 7) is 0. The lowest BCUT2D eigenvalue weighted by atomic mass is 10.0. The summed E-state index contributed by atoms with van der Waals surface area (Å²) in [5.74, 6) is 2.48. The van der Waals surface area contributed by atoms with Crippen LogP contribution in [0.4, 0.5) is 0 Å². The molecule has 0 radical (unpaired) electrons. The van der Waals surface area contributed by atoms with Gasteiger partial charge in [0.2, 0.25) is 0 Å². The average Bonchev–Trinajstić information content (AvgIpc) is 3.10. The fourth-order valence-corrected chi connectivity index (χ4v) is 2.42. The number of furan rings is 1. The highest BCUT2D eigenvalue weighted by atomic mass is 16.5. The Hall–Kier alpha value is -3.01. The second kappa shape index (κ2) is 6.40. The third-order valence-corrected chi connectivity index (χ3v) is 3.63. The van der Waals surface area contributed by atoms with Gasteiger partial charge in [-0.25, -0.2) is 0 Å². The van der Waals surface area contributed by atoms with E-state index in [9.17, 15) is 4.79 Å². The number of ether oxygens (including phenoxy) is 2. The maximum absolute atomic E-state index is 10.7. The third-order valence-electron chi connectivity index (χ3n) is 3.63. The first kappa shape index (κ1) is 14.9. The van der Waals surface area contributed by atoms with Gasteiger partial charge in [-0.15, -0.1) is 0 Å². The van der Waals surface area contributed by atoms with Crippen molar-refractivity contribution in [3.8, 4) is 33.9 Å². The number of aldehydes is 1. The molecule has 4 heteroatoms. The molecule has 0 unspecified atom stereocenters. The fourth-order valence-electron chi connectivity index (χ4n) is 2.42. The van der Waals surface area contributed by atoms with E-state index < -0.39 is 0 Å². The lowest BCUT2D eigenvalue weighted by Gasteiger charge is -2.11. The minimum absolute atomic E-state index is 0.320. The summed E-state index contributed by atoms with van der Waals surface area (Å²) in [7, 11) is 3.26. The van der Waals surface area contributed by atoms with Gasteiger partial charge in [0.1, 0.15) is 17.3 Å². The minimum atomic E-state index is 0.320. The first-order valence-corrected chi connectivity index (χ1v) is 7.13. The predicted molar refractivity (Wildman–Crippen MR) is 88.1 cm³/mol. The Labute approximate surface area is 134 Å². The lowest BCUT2D eigenvalue weighted by molar-refractivity contribution is 0.110. The molecule has 0 aliphatic heterocycles. The van der Waals surface area contributed by atoms with Crippen LogP contribution in [0.15, 0.2) is 59.0 Å². The molecule has 0 N–H and O–H groups in total. The molecule has 0 aliphatic carbocycles. The van der Waals surface area contributed by atoms with Crippen LogP contribution in [-0.2, 0) is 0 Å². The van der Waals surface area contributed by atoms with Crippen molar-refractivity contribution in [2.75, 3.05) is 14.2 Å². The summed E-state index contributed by atoms with van der Waals surface area (Å²) in [6, 6.07) is 17.0. The highest BCUT2D eigenvalue weighted by molar-refractivity contribution is 5.75. The molecular weight excluding hydrogens is 292 g/mol. The van der Waals surface area contributed by atoms with E-state index in [0.717, 1.165) is 28.2 Å². The van der Waals surface area contributed by atoms with Gasteiger partial charge in [0.25, 0.3) is 0 Å². The van der Waals surface area contributed by atoms with Crippen molar-refractivity contribution in [1.29, 1.82) is 0 Å². The lowest BCUT2D eigenvalue weighted by Crippen LogP contribution is -1.90. The molecule has 3 rings (SSSR count). The summed E-state index contributed by atoms with van der Waals surface area (Å²) < 4.78 is 16.1. The van der Waals surface area contributed by atoms with Gasteiger partial charge in [0.05, 0.1) is 14.2 Å². The fraction of sp³-hybridized carbons (Fsp3) is 0.105. The second-order valence-corrected chi connectivity index (χ2v) is 4.96. The zero-order valence-electron chi connectivity index (χ0n) is 12.9. The molecule has 0 amide bonds. The molecular formula is C19H16O4. The van der Waals surface area contributed by atoms with Crippen LogP contribution in [-0.4, -0.2) is 20.5 Å². The van der Waals surface area contributed by atoms with E-state index in [2.05, 4.69) is 0 Å². The third kappa shape index (κ3) is 2.97. The van der Waals surface area contributed by atoms with Crippen LogP contribution in [0.25, 0.3) is 22.5 Å². The molecule has 0 saturated heterocycles. The smallest absolute Gasteiger partial charge is 0.185 e. The number of methoxy groups -OCH3 is 2. The molecule has 23 heavy (non-hydrogen) atoms. The number of hydrogen-bond acceptors (Lipinski definition) is 4. The molecule has 0 spiro atoms. The number of carbonyl (C=O) groups excluding carboxylic acids is 1. The Morgan fingerprint density at radius 2 is 1.61 bits per heavy atom. The van der Waals surface area contributed by atoms with E-state index in [0.29, 0.717) is 17.8 Å². The van der Waals surface area contributed by atoms with Crippen molar-refractivity contribution >= 4 is 6.29 Å². The summed E-state index contributed by atoms with van der Waals surface area (Å²) in [5, 5.41) is 0. The molecule has 1 aromatic heterocycles. The molecule has 0 atom stereocenters. The first-order valence-electron chi connectivity index (χ1n) is 7.13. The van der Waals surface area contributed by atoms with Crippen molar-refractivity contribution in [2.45, 2.75) is 0 Å². The second-order valence-electron chi connectivity index (χ2n) is 4.96. The van der Waals surface area contributed by atoms with Crippen molar-refractivity contribution in [2.24, 2.45) is 0 Å². The molecule has 0 bridgehead atoms. The van der Waals surface area contributed by atoms with Gasteiger partial charge in [-0.3, -0.25) is 4.79 Å². The standard InChI is InChI=1S/C19H16O4/c1-21-15-7-9-17(19(11-15)22-2)13-3-5-14(6-4-13)18-10-8-16(12-20)23-18/h3-12H,1-2H3. The van der Waals surface area contributed by atoms with Crippen molar-refractivity contribution in [3.63, 3.8) is 0 Å². The van der Waals surface area contributed by atoms with Crippen LogP contribution in [0.3, 0.4) is 0 Å². The van der Waals surface area contributed by atoms with Crippen LogP contribution in [0, 0.1) is 0 Å². The molecule has 116 valence electrons. The van der Waals surface area contributed by atoms with E-state index in [-0.39, 0.29) is 0 Å². The van der Waals surface area contributed by atoms with E-state index in [4.69, 9.17) is 13.9 Å². The van der Waals surface area contributed by atoms with Crippen molar-refractivity contribution in [3.05, 3.63) is 60.4 Å². The highest BCUT2D eigenvalue weighted by Gasteiger charge is 2.09. The molecule has 0 aliphatic rings. The summed E-state index contributed by atoms with van der Waals surface area (Å²) in [5.41, 5.74) is 2.91. The zero-order valence-corrected chi connectivity index (χ0v) is 12.9. The Morgan fingerprint density at radius 3 is 2.22 bits per heavy atom. The van der Waals surface area contributed by atoms with Gasteiger partial charge in [0.15, 0.2) is 12.0 Å². The van der Waals surface area contributed by atoms with Gasteiger partial charge in [-0.1, -0.05) is 24.3 Å². The number of hydrogen-bond donors (Lipinski definition) is 0. The minimum Gasteiger partial charge on any atom is -0.497 e. The van der Waals surface area contributed by atoms with E-state index >= 15 is 0 Å². The molecule has 2 aromatic carbocycles. The Morgan fingerprint density at radius 1 is 0.870 bits per heavy atom. The van der Waals surface area contributed by atoms with E-state index in [1.54, 1.807) is 26.4 Å². The summed E-state index contributed by atoms with van der Waals surface area (Å²) in [4.78, 5) is 10.7. The Balaban J connectivity index is 1.94. The Kier molecular flexibility index (Phi) is 4.15. The van der Waals surface area contributed by atoms with Gasteiger partial charge >= 0.3 is 0 Å². The quantitative estimate of drug-likeness (QED) is 0.654. The largest absolute Gasteiger partial charge is 0.497 e. The SMILES string of the molecule is COc1ccc(-c2ccc(-c3ccc(C=O)o3)cc2)c(OC)c1. The van der Waals surface area contributed by atoms with Crippen LogP contribution in [0.1, 0.15) is 10.6 Å². The summed E-state index contributed by atoms with van der Waals surface area (Å²) in [6.07, 6.45) is 0.695. The van der Waals surface area contributed by atoms with E-state index in [1.807, 2.05) is 42.5 Å². The van der Waals surface area contributed by atoms with Gasteiger partial charge in [0, 0.05) is 17.2 Å². The normalized spacial score (nSPS) is 10.3. The van der Waals surface area contributed by atoms with Crippen LogP contribution in [0.2, 0.25) is 0 Å². The monoisotopic (exact) mass is 308 g/mol. The topological polar surface area (TPSA) is 48.7 Å². The van der Waals surface area contributed by atoms with E-state index in [1.165, 1.54) is 0 Å². The van der Waals surface area contributed by atoms with Gasteiger partial charge < -0.3 is 13.9 Å². The van der Waals surface area contributed by atoms with Gasteiger partial charge in [-0.2, -0.15) is 0 Å². The molecule has 0 saturated carbocycles. The number of carbonyl (C=O) groups is 1. The van der Waals surface area contributed by atoms with Crippen LogP contribution in [0.5, 0.6) is 11.5 Å². The highest BCUT2D eigenvalue weighted by Crippen LogP contribution is 2.34. The van der Waals surface area contributed by atoms with Crippen molar-refractivity contribution < 1.29 is 18.7 Å². The number of benzene rings is 2. The predicted octanol–water partition coefficient (Wildman–Crippen LogP) is 4.44. The Bertz CT molecular complexity index is 816. The number of rotatable bonds is 5. The van der Waals surface area contributed by atoms with Crippen LogP contribution < -0.4 is 9.47 Å². The molecule has 4 nitrogen and oxygen atoms in total. The maximum Gasteiger partial charge on any atom is 0.185 e. The summed E-state index contributed by atoms with van der Waals surface area (Å²) >= 11 is 0. The average molecular weight is 308 g/mol. The van der Waals surface area contributed by atoms with Crippen LogP contribution >= 0.6 is 0 Å². The molecule has 0 fully saturated rings. The van der Waals surface area contributed by atoms with Gasteiger partial charge in [-0.05, 0) is 29.8 Å².